The molecular weight excluding hydrogens is 637 g/mol. The summed E-state index contributed by atoms with van der Waals surface area (Å²) in [6, 6.07) is 2.08. The van der Waals surface area contributed by atoms with E-state index in [0.717, 1.165) is 11.1 Å². The first-order chi connectivity index (χ1) is 21.5. The lowest BCUT2D eigenvalue weighted by Gasteiger charge is -2.33. The van der Waals surface area contributed by atoms with E-state index in [2.05, 4.69) is 21.3 Å². The second kappa shape index (κ2) is 12.5. The lowest BCUT2D eigenvalue weighted by atomic mass is 9.81. The van der Waals surface area contributed by atoms with Crippen LogP contribution in [-0.2, 0) is 30.6 Å². The fourth-order valence-electron chi connectivity index (χ4n) is 5.75. The van der Waals surface area contributed by atoms with Gasteiger partial charge in [-0.15, -0.1) is 6.58 Å². The Morgan fingerprint density at radius 1 is 1.13 bits per heavy atom. The molecule has 2 aliphatic rings. The van der Waals surface area contributed by atoms with Crippen molar-refractivity contribution in [1.82, 2.24) is 19.6 Å². The highest BCUT2D eigenvalue weighted by Gasteiger charge is 2.61. The molecule has 10 nitrogen and oxygen atoms in total. The number of likely N-dealkylation sites (tertiary alicyclic amines) is 1. The summed E-state index contributed by atoms with van der Waals surface area (Å²) >= 11 is 0. The Balaban J connectivity index is 1.70. The van der Waals surface area contributed by atoms with E-state index in [1.807, 2.05) is 20.8 Å². The second-order valence-electron chi connectivity index (χ2n) is 14.2. The molecule has 1 aromatic heterocycles. The molecule has 258 valence electrons. The van der Waals surface area contributed by atoms with Crippen LogP contribution in [0.3, 0.4) is 0 Å². The van der Waals surface area contributed by atoms with Crippen molar-refractivity contribution < 1.29 is 40.7 Å². The van der Waals surface area contributed by atoms with Gasteiger partial charge in [-0.05, 0) is 68.7 Å². The van der Waals surface area contributed by atoms with E-state index in [1.54, 1.807) is 26.8 Å². The lowest BCUT2D eigenvalue weighted by Crippen LogP contribution is -2.47. The molecule has 2 fully saturated rings. The molecule has 2 aromatic rings. The molecule has 47 heavy (non-hydrogen) atoms. The fraction of sp³-hybridized carbons (Fsp3) is 0.606. The van der Waals surface area contributed by atoms with Crippen molar-refractivity contribution in [2.45, 2.75) is 98.2 Å². The molecule has 1 N–H and O–H groups in total. The summed E-state index contributed by atoms with van der Waals surface area (Å²) in [4.78, 5) is 50.0. The van der Waals surface area contributed by atoms with Crippen molar-refractivity contribution in [1.29, 1.82) is 0 Å². The summed E-state index contributed by atoms with van der Waals surface area (Å²) in [7, 11) is -3.98. The van der Waals surface area contributed by atoms with Gasteiger partial charge in [0.15, 0.2) is 5.78 Å². The summed E-state index contributed by atoms with van der Waals surface area (Å²) in [5.74, 6) is -4.35. The van der Waals surface area contributed by atoms with E-state index in [0.29, 0.717) is 0 Å². The molecule has 1 aromatic carbocycles. The first-order valence-corrected chi connectivity index (χ1v) is 17.1. The molecule has 5 atom stereocenters. The monoisotopic (exact) mass is 680 g/mol. The predicted octanol–water partition coefficient (Wildman–Crippen LogP) is 5.30. The van der Waals surface area contributed by atoms with Gasteiger partial charge in [0, 0.05) is 18.8 Å². The Bertz CT molecular complexity index is 1720. The molecule has 2 amide bonds. The van der Waals surface area contributed by atoms with Crippen molar-refractivity contribution in [2.24, 2.45) is 22.7 Å². The SMILES string of the molecule is C=CC1CC1(CC(=O)C1C[C@@H](Oc2nc(C(F)(F)F)nc3cc(C)c(C)cc23)CN1C(=O)C(C)C(C)(C)C)C(=O)NS(=O)(=O)C(C)C. The summed E-state index contributed by atoms with van der Waals surface area (Å²) < 4.78 is 74.6. The first kappa shape index (κ1) is 36.3. The van der Waals surface area contributed by atoms with E-state index < -0.39 is 73.8 Å². The van der Waals surface area contributed by atoms with Crippen LogP contribution in [0.1, 0.15) is 77.8 Å². The third-order valence-corrected chi connectivity index (χ3v) is 11.3. The van der Waals surface area contributed by atoms with Gasteiger partial charge in [-0.1, -0.05) is 33.8 Å². The molecule has 1 aliphatic heterocycles. The number of allylic oxidation sites excluding steroid dienone is 1. The highest BCUT2D eigenvalue weighted by Crippen LogP contribution is 2.57. The van der Waals surface area contributed by atoms with Crippen LogP contribution in [0.4, 0.5) is 13.2 Å². The van der Waals surface area contributed by atoms with E-state index in [4.69, 9.17) is 4.74 Å². The highest BCUT2D eigenvalue weighted by atomic mass is 32.2. The molecule has 4 rings (SSSR count). The Kier molecular flexibility index (Phi) is 9.63. The number of nitrogens with zero attached hydrogens (tertiary/aromatic N) is 3. The van der Waals surface area contributed by atoms with Crippen LogP contribution in [0, 0.1) is 36.5 Å². The largest absolute Gasteiger partial charge is 0.472 e. The molecule has 2 heterocycles. The standard InChI is InChI=1S/C33H43F3N4O6S/c1-10-21-14-32(21,30(43)39-47(44,45)17(2)3)15-26(41)25-13-22(16-40(25)28(42)20(6)31(7,8)9)46-27-23-11-18(4)19(5)12-24(23)37-29(38-27)33(34,35)36/h10-12,17,20-22,25H,1,13-16H2,2-9H3,(H,39,43)/t20?,21?,22-,25?,32?/m1/s1. The van der Waals surface area contributed by atoms with E-state index >= 15 is 0 Å². The summed E-state index contributed by atoms with van der Waals surface area (Å²) in [6.45, 7) is 17.4. The number of aryl methyl sites for hydroxylation is 2. The number of benzene rings is 1. The summed E-state index contributed by atoms with van der Waals surface area (Å²) in [5, 5.41) is -0.631. The Hall–Kier alpha value is -3.55. The van der Waals surface area contributed by atoms with Crippen LogP contribution in [0.2, 0.25) is 0 Å². The predicted molar refractivity (Wildman–Crippen MR) is 170 cm³/mol. The van der Waals surface area contributed by atoms with Crippen molar-refractivity contribution in [3.63, 3.8) is 0 Å². The fourth-order valence-corrected chi connectivity index (χ4v) is 6.45. The zero-order valence-corrected chi connectivity index (χ0v) is 28.8. The Morgan fingerprint density at radius 3 is 2.28 bits per heavy atom. The van der Waals surface area contributed by atoms with Crippen molar-refractivity contribution in [2.75, 3.05) is 6.54 Å². The number of aromatic nitrogens is 2. The average Bonchev–Trinajstić information content (AvgIpc) is 3.51. The van der Waals surface area contributed by atoms with Gasteiger partial charge in [0.05, 0.1) is 34.2 Å². The highest BCUT2D eigenvalue weighted by molar-refractivity contribution is 7.90. The Morgan fingerprint density at radius 2 is 1.74 bits per heavy atom. The number of alkyl halides is 3. The smallest absolute Gasteiger partial charge is 0.451 e. The first-order valence-electron chi connectivity index (χ1n) is 15.6. The number of ether oxygens (including phenoxy) is 1. The molecule has 4 unspecified atom stereocenters. The number of sulfonamides is 1. The molecule has 1 aliphatic carbocycles. The summed E-state index contributed by atoms with van der Waals surface area (Å²) in [5.41, 5.74) is -0.291. The third kappa shape index (κ3) is 7.31. The van der Waals surface area contributed by atoms with Gasteiger partial charge in [0.2, 0.25) is 33.5 Å². The van der Waals surface area contributed by atoms with Gasteiger partial charge in [0.25, 0.3) is 0 Å². The number of carbonyl (C=O) groups is 3. The number of carbonyl (C=O) groups excluding carboxylic acids is 3. The second-order valence-corrected chi connectivity index (χ2v) is 16.5. The zero-order chi connectivity index (χ0) is 35.4. The van der Waals surface area contributed by atoms with Gasteiger partial charge in [-0.2, -0.15) is 18.2 Å². The molecule has 0 radical (unpaired) electrons. The number of fused-ring (bicyclic) bond motifs is 1. The van der Waals surface area contributed by atoms with Crippen LogP contribution < -0.4 is 9.46 Å². The maximum absolute atomic E-state index is 14.0. The molecule has 0 bridgehead atoms. The number of ketones is 1. The number of rotatable bonds is 10. The average molecular weight is 681 g/mol. The number of Topliss-reactive ketones (excluding diaryl/α,β-unsaturated/α-hetero) is 1. The quantitative estimate of drug-likeness (QED) is 0.334. The molecule has 1 saturated carbocycles. The minimum absolute atomic E-state index is 0.0406. The number of hydrogen-bond acceptors (Lipinski definition) is 8. The van der Waals surface area contributed by atoms with Gasteiger partial charge in [-0.25, -0.2) is 13.4 Å². The van der Waals surface area contributed by atoms with Gasteiger partial charge < -0.3 is 9.64 Å². The van der Waals surface area contributed by atoms with Crippen molar-refractivity contribution >= 4 is 38.5 Å². The van der Waals surface area contributed by atoms with E-state index in [1.165, 1.54) is 30.9 Å². The van der Waals surface area contributed by atoms with Gasteiger partial charge >= 0.3 is 6.18 Å². The van der Waals surface area contributed by atoms with Crippen LogP contribution in [0.25, 0.3) is 10.9 Å². The molecule has 1 saturated heterocycles. The van der Waals surface area contributed by atoms with Crippen LogP contribution >= 0.6 is 0 Å². The number of amides is 2. The van der Waals surface area contributed by atoms with Crippen molar-refractivity contribution in [3.8, 4) is 5.88 Å². The molecular formula is C33H43F3N4O6S. The van der Waals surface area contributed by atoms with E-state index in [9.17, 15) is 36.0 Å². The zero-order valence-electron chi connectivity index (χ0n) is 28.0. The minimum Gasteiger partial charge on any atom is -0.472 e. The maximum Gasteiger partial charge on any atom is 0.451 e. The summed E-state index contributed by atoms with van der Waals surface area (Å²) in [6.07, 6.45) is -4.50. The van der Waals surface area contributed by atoms with Gasteiger partial charge in [-0.3, -0.25) is 19.1 Å². The van der Waals surface area contributed by atoms with Crippen molar-refractivity contribution in [3.05, 3.63) is 41.7 Å². The van der Waals surface area contributed by atoms with Crippen LogP contribution in [-0.4, -0.2) is 64.8 Å². The number of hydrogen-bond donors (Lipinski definition) is 1. The Labute approximate surface area is 273 Å². The normalized spacial score (nSPS) is 23.9. The lowest BCUT2D eigenvalue weighted by molar-refractivity contribution is -0.145. The van der Waals surface area contributed by atoms with Gasteiger partial charge in [0.1, 0.15) is 6.10 Å². The topological polar surface area (TPSA) is 136 Å². The van der Waals surface area contributed by atoms with Crippen LogP contribution in [0.15, 0.2) is 24.8 Å². The minimum atomic E-state index is -4.85. The third-order valence-electron chi connectivity index (χ3n) is 9.61. The molecule has 14 heteroatoms. The maximum atomic E-state index is 14.0. The van der Waals surface area contributed by atoms with E-state index in [-0.39, 0.29) is 48.5 Å². The van der Waals surface area contributed by atoms with Crippen LogP contribution in [0.5, 0.6) is 5.88 Å². The molecule has 0 spiro atoms. The number of halogens is 3. The number of nitrogens with one attached hydrogen (secondary N) is 1.